The van der Waals surface area contributed by atoms with E-state index in [9.17, 15) is 8.42 Å². The molecule has 0 spiro atoms. The number of rotatable bonds is 6. The summed E-state index contributed by atoms with van der Waals surface area (Å²) in [5.41, 5.74) is 0.557. The molecule has 1 aromatic rings. The van der Waals surface area contributed by atoms with Crippen LogP contribution in [0, 0.1) is 6.92 Å². The largest absolute Gasteiger partial charge is 0.281 e. The highest BCUT2D eigenvalue weighted by Gasteiger charge is 2.21. The van der Waals surface area contributed by atoms with Crippen LogP contribution in [0.15, 0.2) is 11.1 Å². The Labute approximate surface area is 104 Å². The molecule has 7 heteroatoms. The molecule has 0 aliphatic carbocycles. The fraction of sp³-hybridized carbons (Fsp3) is 0.667. The van der Waals surface area contributed by atoms with Crippen molar-refractivity contribution < 1.29 is 8.42 Å². The van der Waals surface area contributed by atoms with Crippen molar-refractivity contribution >= 4 is 26.0 Å². The van der Waals surface area contributed by atoms with Crippen molar-refractivity contribution in [3.63, 3.8) is 0 Å². The number of H-pyrrole nitrogens is 1. The molecule has 0 bridgehead atoms. The van der Waals surface area contributed by atoms with E-state index in [1.54, 1.807) is 6.92 Å². The van der Waals surface area contributed by atoms with Crippen LogP contribution in [-0.4, -0.2) is 30.0 Å². The van der Waals surface area contributed by atoms with Gasteiger partial charge in [0.1, 0.15) is 4.90 Å². The third kappa shape index (κ3) is 3.29. The van der Waals surface area contributed by atoms with Gasteiger partial charge in [-0.25, -0.2) is 13.1 Å². The number of hydrogen-bond donors (Lipinski definition) is 2. The van der Waals surface area contributed by atoms with E-state index in [2.05, 4.69) is 30.8 Å². The Morgan fingerprint density at radius 2 is 2.31 bits per heavy atom. The maximum Gasteiger partial charge on any atom is 0.244 e. The lowest BCUT2D eigenvalue weighted by atomic mass is 10.2. The zero-order chi connectivity index (χ0) is 12.2. The minimum atomic E-state index is -3.45. The second kappa shape index (κ2) is 5.79. The van der Waals surface area contributed by atoms with Gasteiger partial charge in [-0.05, 0) is 19.8 Å². The molecule has 1 atom stereocenters. The fourth-order valence-electron chi connectivity index (χ4n) is 1.37. The topological polar surface area (TPSA) is 74.8 Å². The average molecular weight is 310 g/mol. The lowest BCUT2D eigenvalue weighted by Gasteiger charge is -2.15. The average Bonchev–Trinajstić information content (AvgIpc) is 2.64. The molecule has 92 valence electrons. The monoisotopic (exact) mass is 309 g/mol. The summed E-state index contributed by atoms with van der Waals surface area (Å²) in [5.74, 6) is 0. The fourth-order valence-corrected chi connectivity index (χ4v) is 3.41. The van der Waals surface area contributed by atoms with E-state index >= 15 is 0 Å². The molecule has 2 N–H and O–H groups in total. The van der Waals surface area contributed by atoms with Crippen molar-refractivity contribution in [2.45, 2.75) is 37.6 Å². The first kappa shape index (κ1) is 13.7. The summed E-state index contributed by atoms with van der Waals surface area (Å²) >= 11 is 3.31. The molecular weight excluding hydrogens is 294 g/mol. The van der Waals surface area contributed by atoms with Gasteiger partial charge in [-0.1, -0.05) is 22.9 Å². The number of aryl methyl sites for hydroxylation is 1. The molecule has 0 saturated carbocycles. The maximum atomic E-state index is 12.0. The van der Waals surface area contributed by atoms with E-state index in [0.717, 1.165) is 18.2 Å². The van der Waals surface area contributed by atoms with E-state index < -0.39 is 10.0 Å². The summed E-state index contributed by atoms with van der Waals surface area (Å²) in [6.45, 7) is 3.64. The Bertz CT molecular complexity index is 430. The van der Waals surface area contributed by atoms with Crippen LogP contribution in [0.4, 0.5) is 0 Å². The molecule has 1 unspecified atom stereocenters. The van der Waals surface area contributed by atoms with E-state index in [4.69, 9.17) is 0 Å². The zero-order valence-corrected chi connectivity index (χ0v) is 11.7. The molecule has 0 radical (unpaired) electrons. The number of nitrogens with one attached hydrogen (secondary N) is 2. The van der Waals surface area contributed by atoms with Gasteiger partial charge in [0.05, 0.1) is 11.9 Å². The molecule has 1 rings (SSSR count). The third-order valence-corrected chi connectivity index (χ3v) is 4.44. The lowest BCUT2D eigenvalue weighted by molar-refractivity contribution is 0.532. The van der Waals surface area contributed by atoms with Gasteiger partial charge in [-0.3, -0.25) is 5.10 Å². The standard InChI is InChI=1S/C9H16BrN3O2S/c1-3-8(4-5-10)13-16(14,15)9-6-11-12-7(9)2/h6,8,13H,3-5H2,1-2H3,(H,11,12). The molecule has 0 saturated heterocycles. The Hall–Kier alpha value is -0.400. The van der Waals surface area contributed by atoms with Crippen molar-refractivity contribution in [3.8, 4) is 0 Å². The van der Waals surface area contributed by atoms with Crippen molar-refractivity contribution in [3.05, 3.63) is 11.9 Å². The van der Waals surface area contributed by atoms with E-state index in [-0.39, 0.29) is 10.9 Å². The molecule has 0 amide bonds. The van der Waals surface area contributed by atoms with Crippen molar-refractivity contribution in [2.24, 2.45) is 0 Å². The van der Waals surface area contributed by atoms with Crippen molar-refractivity contribution in [1.29, 1.82) is 0 Å². The van der Waals surface area contributed by atoms with Crippen molar-refractivity contribution in [1.82, 2.24) is 14.9 Å². The molecule has 0 aromatic carbocycles. The van der Waals surface area contributed by atoms with Crippen molar-refractivity contribution in [2.75, 3.05) is 5.33 Å². The Kier molecular flexibility index (Phi) is 4.94. The van der Waals surface area contributed by atoms with Crippen LogP contribution in [0.3, 0.4) is 0 Å². The van der Waals surface area contributed by atoms with Crippen LogP contribution in [0.2, 0.25) is 0 Å². The van der Waals surface area contributed by atoms with Gasteiger partial charge in [-0.15, -0.1) is 0 Å². The quantitative estimate of drug-likeness (QED) is 0.783. The number of sulfonamides is 1. The molecule has 0 aliphatic heterocycles. The zero-order valence-electron chi connectivity index (χ0n) is 9.33. The number of aromatic amines is 1. The number of hydrogen-bond acceptors (Lipinski definition) is 3. The van der Waals surface area contributed by atoms with E-state index in [0.29, 0.717) is 5.69 Å². The molecule has 0 fully saturated rings. The highest BCUT2D eigenvalue weighted by Crippen LogP contribution is 2.13. The van der Waals surface area contributed by atoms with Gasteiger partial charge in [0, 0.05) is 11.4 Å². The Morgan fingerprint density at radius 3 is 2.75 bits per heavy atom. The summed E-state index contributed by atoms with van der Waals surface area (Å²) in [6.07, 6.45) is 2.87. The van der Waals surface area contributed by atoms with Crippen LogP contribution in [-0.2, 0) is 10.0 Å². The van der Waals surface area contributed by atoms with Gasteiger partial charge >= 0.3 is 0 Å². The predicted octanol–water partition coefficient (Wildman–Crippen LogP) is 1.56. The minimum Gasteiger partial charge on any atom is -0.281 e. The summed E-state index contributed by atoms with van der Waals surface area (Å²) in [6, 6.07) is -0.0429. The molecule has 0 aliphatic rings. The molecule has 16 heavy (non-hydrogen) atoms. The summed E-state index contributed by atoms with van der Waals surface area (Å²) in [7, 11) is -3.45. The molecule has 1 heterocycles. The summed E-state index contributed by atoms with van der Waals surface area (Å²) in [5, 5.41) is 7.11. The summed E-state index contributed by atoms with van der Waals surface area (Å²) < 4.78 is 26.6. The lowest BCUT2D eigenvalue weighted by Crippen LogP contribution is -2.34. The highest BCUT2D eigenvalue weighted by atomic mass is 79.9. The number of nitrogens with zero attached hydrogens (tertiary/aromatic N) is 1. The number of halogens is 1. The SMILES string of the molecule is CCC(CCBr)NS(=O)(=O)c1cn[nH]c1C. The predicted molar refractivity (Wildman–Crippen MR) is 66.1 cm³/mol. The maximum absolute atomic E-state index is 12.0. The second-order valence-electron chi connectivity index (χ2n) is 3.56. The highest BCUT2D eigenvalue weighted by molar-refractivity contribution is 9.09. The third-order valence-electron chi connectivity index (χ3n) is 2.35. The van der Waals surface area contributed by atoms with Crippen LogP contribution < -0.4 is 4.72 Å². The van der Waals surface area contributed by atoms with Crippen LogP contribution in [0.25, 0.3) is 0 Å². The first-order chi connectivity index (χ1) is 7.51. The van der Waals surface area contributed by atoms with E-state index in [1.807, 2.05) is 6.92 Å². The smallest absolute Gasteiger partial charge is 0.244 e. The van der Waals surface area contributed by atoms with Crippen LogP contribution in [0.5, 0.6) is 0 Å². The number of alkyl halides is 1. The molecular formula is C9H16BrN3O2S. The van der Waals surface area contributed by atoms with Crippen LogP contribution in [0.1, 0.15) is 25.5 Å². The van der Waals surface area contributed by atoms with Gasteiger partial charge < -0.3 is 0 Å². The molecule has 1 aromatic heterocycles. The molecule has 5 nitrogen and oxygen atoms in total. The van der Waals surface area contributed by atoms with E-state index in [1.165, 1.54) is 6.20 Å². The van der Waals surface area contributed by atoms with Gasteiger partial charge in [0.2, 0.25) is 10.0 Å². The first-order valence-electron chi connectivity index (χ1n) is 5.09. The summed E-state index contributed by atoms with van der Waals surface area (Å²) in [4.78, 5) is 0.223. The number of aromatic nitrogens is 2. The normalized spacial score (nSPS) is 13.9. The Balaban J connectivity index is 2.83. The van der Waals surface area contributed by atoms with Gasteiger partial charge in [0.15, 0.2) is 0 Å². The first-order valence-corrected chi connectivity index (χ1v) is 7.70. The minimum absolute atomic E-state index is 0.0429. The van der Waals surface area contributed by atoms with Crippen LogP contribution >= 0.6 is 15.9 Å². The van der Waals surface area contributed by atoms with Gasteiger partial charge in [0.25, 0.3) is 0 Å². The van der Waals surface area contributed by atoms with Gasteiger partial charge in [-0.2, -0.15) is 5.10 Å². The Morgan fingerprint density at radius 1 is 1.62 bits per heavy atom. The second-order valence-corrected chi connectivity index (χ2v) is 6.04.